The molecule has 0 aliphatic carbocycles. The summed E-state index contributed by atoms with van der Waals surface area (Å²) in [6.45, 7) is 5.55. The fourth-order valence-electron chi connectivity index (χ4n) is 1.98. The van der Waals surface area contributed by atoms with Crippen LogP contribution in [-0.2, 0) is 6.54 Å². The lowest BCUT2D eigenvalue weighted by Crippen LogP contribution is -2.28. The van der Waals surface area contributed by atoms with Gasteiger partial charge in [-0.05, 0) is 32.0 Å². The zero-order valence-electron chi connectivity index (χ0n) is 12.0. The van der Waals surface area contributed by atoms with E-state index < -0.39 is 0 Å². The van der Waals surface area contributed by atoms with E-state index >= 15 is 0 Å². The van der Waals surface area contributed by atoms with E-state index in [0.29, 0.717) is 0 Å². The lowest BCUT2D eigenvalue weighted by molar-refractivity contribution is 0.215. The summed E-state index contributed by atoms with van der Waals surface area (Å²) >= 11 is 0. The molecule has 0 saturated heterocycles. The molecule has 3 heteroatoms. The molecule has 1 aromatic carbocycles. The van der Waals surface area contributed by atoms with Crippen molar-refractivity contribution in [1.29, 1.82) is 0 Å². The number of allylic oxidation sites excluding steroid dienone is 1. The Morgan fingerprint density at radius 2 is 2.10 bits per heavy atom. The molecule has 2 aromatic rings. The molecular weight excluding hydrogens is 250 g/mol. The number of hydrogen-bond donors (Lipinski definition) is 1. The van der Waals surface area contributed by atoms with Crippen LogP contribution < -0.4 is 10.1 Å². The van der Waals surface area contributed by atoms with Crippen molar-refractivity contribution in [2.75, 3.05) is 6.54 Å². The van der Waals surface area contributed by atoms with Crippen molar-refractivity contribution in [1.82, 2.24) is 5.32 Å². The van der Waals surface area contributed by atoms with Gasteiger partial charge >= 0.3 is 0 Å². The van der Waals surface area contributed by atoms with Crippen LogP contribution in [0.4, 0.5) is 0 Å². The second-order valence-electron chi connectivity index (χ2n) is 4.68. The van der Waals surface area contributed by atoms with Gasteiger partial charge in [0.15, 0.2) is 0 Å². The summed E-state index contributed by atoms with van der Waals surface area (Å²) in [6, 6.07) is 11.9. The molecule has 0 bridgehead atoms. The molecule has 2 rings (SSSR count). The van der Waals surface area contributed by atoms with Crippen molar-refractivity contribution in [2.24, 2.45) is 0 Å². The van der Waals surface area contributed by atoms with Gasteiger partial charge in [-0.3, -0.25) is 0 Å². The SMILES string of the molecule is CC=Cc1ccccc1OC(C)CNCc1ccco1. The predicted octanol–water partition coefficient (Wildman–Crippen LogP) is 3.87. The normalized spacial score (nSPS) is 12.7. The molecule has 0 aliphatic rings. The highest BCUT2D eigenvalue weighted by Gasteiger charge is 2.06. The van der Waals surface area contributed by atoms with Crippen LogP contribution in [0.3, 0.4) is 0 Å². The molecule has 1 unspecified atom stereocenters. The number of ether oxygens (including phenoxy) is 1. The van der Waals surface area contributed by atoms with Crippen molar-refractivity contribution >= 4 is 6.08 Å². The largest absolute Gasteiger partial charge is 0.489 e. The lowest BCUT2D eigenvalue weighted by atomic mass is 10.2. The Morgan fingerprint density at radius 1 is 1.25 bits per heavy atom. The number of rotatable bonds is 7. The standard InChI is InChI=1S/C17H21NO2/c1-3-7-15-8-4-5-10-17(15)20-14(2)12-18-13-16-9-6-11-19-16/h3-11,14,18H,12-13H2,1-2H3. The van der Waals surface area contributed by atoms with Gasteiger partial charge in [-0.15, -0.1) is 0 Å². The molecule has 0 spiro atoms. The molecule has 1 aromatic heterocycles. The average molecular weight is 271 g/mol. The summed E-state index contributed by atoms with van der Waals surface area (Å²) in [6.07, 6.45) is 5.85. The molecule has 0 aliphatic heterocycles. The monoisotopic (exact) mass is 271 g/mol. The molecule has 0 fully saturated rings. The van der Waals surface area contributed by atoms with Crippen LogP contribution in [-0.4, -0.2) is 12.6 Å². The number of nitrogens with one attached hydrogen (secondary N) is 1. The molecular formula is C17H21NO2. The summed E-state index contributed by atoms with van der Waals surface area (Å²) in [4.78, 5) is 0. The zero-order chi connectivity index (χ0) is 14.2. The van der Waals surface area contributed by atoms with Crippen LogP contribution in [0, 0.1) is 0 Å². The molecule has 0 saturated carbocycles. The van der Waals surface area contributed by atoms with Crippen LogP contribution >= 0.6 is 0 Å². The first-order chi connectivity index (χ1) is 9.79. The van der Waals surface area contributed by atoms with Gasteiger partial charge in [-0.1, -0.05) is 30.4 Å². The third-order valence-electron chi connectivity index (χ3n) is 2.90. The molecule has 1 N–H and O–H groups in total. The summed E-state index contributed by atoms with van der Waals surface area (Å²) < 4.78 is 11.2. The maximum Gasteiger partial charge on any atom is 0.126 e. The Bertz CT molecular complexity index is 532. The van der Waals surface area contributed by atoms with E-state index in [9.17, 15) is 0 Å². The first-order valence-corrected chi connectivity index (χ1v) is 6.91. The van der Waals surface area contributed by atoms with Crippen LogP contribution in [0.1, 0.15) is 25.2 Å². The number of furan rings is 1. The number of para-hydroxylation sites is 1. The Morgan fingerprint density at radius 3 is 2.85 bits per heavy atom. The highest BCUT2D eigenvalue weighted by atomic mass is 16.5. The topological polar surface area (TPSA) is 34.4 Å². The maximum absolute atomic E-state index is 5.97. The maximum atomic E-state index is 5.97. The summed E-state index contributed by atoms with van der Waals surface area (Å²) in [5.41, 5.74) is 1.10. The van der Waals surface area contributed by atoms with E-state index in [2.05, 4.69) is 24.4 Å². The van der Waals surface area contributed by atoms with Crippen LogP contribution in [0.2, 0.25) is 0 Å². The second-order valence-corrected chi connectivity index (χ2v) is 4.68. The van der Waals surface area contributed by atoms with E-state index in [1.807, 2.05) is 43.3 Å². The predicted molar refractivity (Wildman–Crippen MR) is 81.7 cm³/mol. The summed E-state index contributed by atoms with van der Waals surface area (Å²) in [7, 11) is 0. The molecule has 106 valence electrons. The van der Waals surface area contributed by atoms with Gasteiger partial charge in [-0.25, -0.2) is 0 Å². The second kappa shape index (κ2) is 7.56. The highest BCUT2D eigenvalue weighted by Crippen LogP contribution is 2.20. The molecule has 0 amide bonds. The Balaban J connectivity index is 1.83. The third-order valence-corrected chi connectivity index (χ3v) is 2.90. The minimum Gasteiger partial charge on any atom is -0.489 e. The van der Waals surface area contributed by atoms with Gasteiger partial charge in [0.25, 0.3) is 0 Å². The van der Waals surface area contributed by atoms with E-state index in [1.54, 1.807) is 6.26 Å². The Labute approximate surface area is 120 Å². The average Bonchev–Trinajstić information content (AvgIpc) is 2.94. The smallest absolute Gasteiger partial charge is 0.126 e. The van der Waals surface area contributed by atoms with E-state index in [4.69, 9.17) is 9.15 Å². The van der Waals surface area contributed by atoms with Crippen molar-refractivity contribution in [3.8, 4) is 5.75 Å². The molecule has 1 atom stereocenters. The third kappa shape index (κ3) is 4.28. The highest BCUT2D eigenvalue weighted by molar-refractivity contribution is 5.56. The first kappa shape index (κ1) is 14.4. The number of benzene rings is 1. The van der Waals surface area contributed by atoms with Gasteiger partial charge in [0, 0.05) is 12.1 Å². The van der Waals surface area contributed by atoms with Crippen molar-refractivity contribution in [2.45, 2.75) is 26.5 Å². The minimum absolute atomic E-state index is 0.0939. The van der Waals surface area contributed by atoms with Crippen molar-refractivity contribution in [3.05, 3.63) is 60.1 Å². The molecule has 0 radical (unpaired) electrons. The quantitative estimate of drug-likeness (QED) is 0.830. The fourth-order valence-corrected chi connectivity index (χ4v) is 1.98. The first-order valence-electron chi connectivity index (χ1n) is 6.91. The van der Waals surface area contributed by atoms with E-state index in [-0.39, 0.29) is 6.10 Å². The van der Waals surface area contributed by atoms with Gasteiger partial charge in [-0.2, -0.15) is 0 Å². The lowest BCUT2D eigenvalue weighted by Gasteiger charge is -2.16. The van der Waals surface area contributed by atoms with E-state index in [1.165, 1.54) is 0 Å². The van der Waals surface area contributed by atoms with Gasteiger partial charge in [0.2, 0.25) is 0 Å². The van der Waals surface area contributed by atoms with Crippen LogP contribution in [0.15, 0.2) is 53.2 Å². The van der Waals surface area contributed by atoms with Gasteiger partial charge < -0.3 is 14.5 Å². The molecule has 1 heterocycles. The molecule has 3 nitrogen and oxygen atoms in total. The van der Waals surface area contributed by atoms with Gasteiger partial charge in [0.1, 0.15) is 17.6 Å². The minimum atomic E-state index is 0.0939. The molecule has 20 heavy (non-hydrogen) atoms. The van der Waals surface area contributed by atoms with Gasteiger partial charge in [0.05, 0.1) is 12.8 Å². The number of hydrogen-bond acceptors (Lipinski definition) is 3. The summed E-state index contributed by atoms with van der Waals surface area (Å²) in [5, 5.41) is 3.32. The zero-order valence-corrected chi connectivity index (χ0v) is 12.0. The van der Waals surface area contributed by atoms with Crippen molar-refractivity contribution in [3.63, 3.8) is 0 Å². The fraction of sp³-hybridized carbons (Fsp3) is 0.294. The Kier molecular flexibility index (Phi) is 5.44. The van der Waals surface area contributed by atoms with E-state index in [0.717, 1.165) is 30.2 Å². The van der Waals surface area contributed by atoms with Crippen molar-refractivity contribution < 1.29 is 9.15 Å². The Hall–Kier alpha value is -2.00. The summed E-state index contributed by atoms with van der Waals surface area (Å²) in [5.74, 6) is 1.85. The van der Waals surface area contributed by atoms with Crippen LogP contribution in [0.5, 0.6) is 5.75 Å². The van der Waals surface area contributed by atoms with Crippen LogP contribution in [0.25, 0.3) is 6.08 Å².